The number of benzene rings is 3. The topological polar surface area (TPSA) is 102 Å². The van der Waals surface area contributed by atoms with Crippen molar-refractivity contribution in [3.8, 4) is 5.75 Å². The van der Waals surface area contributed by atoms with Crippen molar-refractivity contribution in [3.05, 3.63) is 99.9 Å². The Balaban J connectivity index is 1.53. The number of ether oxygens (including phenoxy) is 1. The highest BCUT2D eigenvalue weighted by Gasteiger charge is 2.32. The van der Waals surface area contributed by atoms with Gasteiger partial charge in [-0.25, -0.2) is 4.39 Å². The standard InChI is InChI=1S/C25H20FN3O5/c1-16-25(31)28(15-18-4-2-3-5-21(18)26)22-14-19(9-12-23(22)34-16)27-24(30)13-8-17-6-10-20(11-7-17)29(32)33/h2-14,16H,15H2,1H3,(H,27,30)/b13-8+. The number of nitro groups is 1. The van der Waals surface area contributed by atoms with E-state index in [-0.39, 0.29) is 18.1 Å². The number of halogens is 1. The molecule has 9 heteroatoms. The summed E-state index contributed by atoms with van der Waals surface area (Å²) < 4.78 is 19.9. The molecule has 0 spiro atoms. The monoisotopic (exact) mass is 461 g/mol. The molecule has 1 atom stereocenters. The third kappa shape index (κ3) is 4.93. The van der Waals surface area contributed by atoms with E-state index in [1.165, 1.54) is 47.4 Å². The molecule has 172 valence electrons. The Morgan fingerprint density at radius 1 is 1.18 bits per heavy atom. The van der Waals surface area contributed by atoms with Crippen LogP contribution in [0.15, 0.2) is 72.8 Å². The number of nitro benzene ring substituents is 1. The van der Waals surface area contributed by atoms with Crippen LogP contribution in [0.2, 0.25) is 0 Å². The summed E-state index contributed by atoms with van der Waals surface area (Å²) in [6.07, 6.45) is 2.09. The summed E-state index contributed by atoms with van der Waals surface area (Å²) in [7, 11) is 0. The largest absolute Gasteiger partial charge is 0.479 e. The summed E-state index contributed by atoms with van der Waals surface area (Å²) in [6, 6.07) is 16.9. The number of amides is 2. The Hall–Kier alpha value is -4.53. The van der Waals surface area contributed by atoms with Crippen LogP contribution in [0, 0.1) is 15.9 Å². The van der Waals surface area contributed by atoms with Crippen LogP contribution in [-0.2, 0) is 16.1 Å². The fraction of sp³-hybridized carbons (Fsp3) is 0.120. The van der Waals surface area contributed by atoms with Crippen molar-refractivity contribution in [3.63, 3.8) is 0 Å². The van der Waals surface area contributed by atoms with Gasteiger partial charge in [-0.15, -0.1) is 0 Å². The summed E-state index contributed by atoms with van der Waals surface area (Å²) in [5.41, 5.74) is 1.78. The molecule has 0 bridgehead atoms. The van der Waals surface area contributed by atoms with E-state index in [0.29, 0.717) is 28.3 Å². The molecule has 0 aliphatic carbocycles. The van der Waals surface area contributed by atoms with E-state index in [4.69, 9.17) is 4.74 Å². The van der Waals surface area contributed by atoms with E-state index >= 15 is 0 Å². The van der Waals surface area contributed by atoms with Crippen molar-refractivity contribution in [1.29, 1.82) is 0 Å². The molecule has 0 radical (unpaired) electrons. The molecule has 2 amide bonds. The number of nitrogens with zero attached hydrogens (tertiary/aromatic N) is 2. The maximum atomic E-state index is 14.2. The van der Waals surface area contributed by atoms with Gasteiger partial charge in [0.25, 0.3) is 11.6 Å². The molecule has 3 aromatic rings. The van der Waals surface area contributed by atoms with Gasteiger partial charge in [0, 0.05) is 29.5 Å². The number of carbonyl (C=O) groups excluding carboxylic acids is 2. The smallest absolute Gasteiger partial charge is 0.269 e. The Kier molecular flexibility index (Phi) is 6.35. The van der Waals surface area contributed by atoms with E-state index in [9.17, 15) is 24.1 Å². The van der Waals surface area contributed by atoms with Gasteiger partial charge >= 0.3 is 0 Å². The van der Waals surface area contributed by atoms with E-state index in [2.05, 4.69) is 5.32 Å². The summed E-state index contributed by atoms with van der Waals surface area (Å²) >= 11 is 0. The van der Waals surface area contributed by atoms with Gasteiger partial charge in [-0.3, -0.25) is 19.7 Å². The molecule has 1 aliphatic heterocycles. The Morgan fingerprint density at radius 2 is 1.91 bits per heavy atom. The van der Waals surface area contributed by atoms with E-state index in [1.807, 2.05) is 0 Å². The highest BCUT2D eigenvalue weighted by molar-refractivity contribution is 6.04. The molecule has 3 aromatic carbocycles. The number of fused-ring (bicyclic) bond motifs is 1. The van der Waals surface area contributed by atoms with Crippen LogP contribution < -0.4 is 15.0 Å². The number of nitrogens with one attached hydrogen (secondary N) is 1. The quantitative estimate of drug-likeness (QED) is 0.326. The number of hydrogen-bond acceptors (Lipinski definition) is 5. The number of hydrogen-bond donors (Lipinski definition) is 1. The number of anilines is 2. The average Bonchev–Trinajstić information content (AvgIpc) is 2.82. The molecule has 1 N–H and O–H groups in total. The van der Waals surface area contributed by atoms with Gasteiger partial charge in [-0.05, 0) is 55.0 Å². The Bertz CT molecular complexity index is 1290. The second kappa shape index (κ2) is 9.53. The van der Waals surface area contributed by atoms with Gasteiger partial charge in [0.2, 0.25) is 5.91 Å². The first-order valence-corrected chi connectivity index (χ1v) is 10.4. The Labute approximate surface area is 194 Å². The maximum absolute atomic E-state index is 14.2. The predicted molar refractivity (Wildman–Crippen MR) is 125 cm³/mol. The third-order valence-corrected chi connectivity index (χ3v) is 5.25. The fourth-order valence-electron chi connectivity index (χ4n) is 3.51. The van der Waals surface area contributed by atoms with Crippen molar-refractivity contribution in [1.82, 2.24) is 0 Å². The minimum atomic E-state index is -0.732. The molecular weight excluding hydrogens is 441 g/mol. The lowest BCUT2D eigenvalue weighted by atomic mass is 10.1. The van der Waals surface area contributed by atoms with E-state index < -0.39 is 22.8 Å². The highest BCUT2D eigenvalue weighted by Crippen LogP contribution is 2.37. The van der Waals surface area contributed by atoms with Gasteiger partial charge in [-0.2, -0.15) is 0 Å². The number of carbonyl (C=O) groups is 2. The molecule has 34 heavy (non-hydrogen) atoms. The summed E-state index contributed by atoms with van der Waals surface area (Å²) in [6.45, 7) is 1.64. The van der Waals surface area contributed by atoms with Crippen molar-refractivity contribution >= 4 is 35.0 Å². The summed E-state index contributed by atoms with van der Waals surface area (Å²) in [5, 5.41) is 13.4. The van der Waals surface area contributed by atoms with Gasteiger partial charge in [0.05, 0.1) is 17.2 Å². The lowest BCUT2D eigenvalue weighted by Crippen LogP contribution is -2.44. The second-order valence-corrected chi connectivity index (χ2v) is 7.63. The summed E-state index contributed by atoms with van der Waals surface area (Å²) in [4.78, 5) is 36.9. The molecule has 0 aromatic heterocycles. The fourth-order valence-corrected chi connectivity index (χ4v) is 3.51. The minimum absolute atomic E-state index is 0.0175. The van der Waals surface area contributed by atoms with E-state index in [0.717, 1.165) is 0 Å². The van der Waals surface area contributed by atoms with Crippen LogP contribution in [0.1, 0.15) is 18.1 Å². The average molecular weight is 461 g/mol. The van der Waals surface area contributed by atoms with Crippen LogP contribution in [-0.4, -0.2) is 22.8 Å². The normalized spacial score (nSPS) is 15.1. The zero-order valence-electron chi connectivity index (χ0n) is 18.1. The highest BCUT2D eigenvalue weighted by atomic mass is 19.1. The van der Waals surface area contributed by atoms with Crippen molar-refractivity contribution in [2.75, 3.05) is 10.2 Å². The lowest BCUT2D eigenvalue weighted by Gasteiger charge is -2.33. The van der Waals surface area contributed by atoms with Gasteiger partial charge in [0.15, 0.2) is 6.10 Å². The van der Waals surface area contributed by atoms with Crippen LogP contribution in [0.25, 0.3) is 6.08 Å². The molecule has 0 saturated heterocycles. The van der Waals surface area contributed by atoms with Crippen LogP contribution in [0.5, 0.6) is 5.75 Å². The minimum Gasteiger partial charge on any atom is -0.479 e. The van der Waals surface area contributed by atoms with Gasteiger partial charge in [-0.1, -0.05) is 18.2 Å². The predicted octanol–water partition coefficient (Wildman–Crippen LogP) is 4.70. The molecule has 1 aliphatic rings. The van der Waals surface area contributed by atoms with Crippen molar-refractivity contribution in [2.45, 2.75) is 19.6 Å². The zero-order chi connectivity index (χ0) is 24.2. The number of non-ortho nitro benzene ring substituents is 1. The van der Waals surface area contributed by atoms with E-state index in [1.54, 1.807) is 43.3 Å². The molecule has 8 nitrogen and oxygen atoms in total. The van der Waals surface area contributed by atoms with Gasteiger partial charge in [0.1, 0.15) is 11.6 Å². The molecule has 1 heterocycles. The van der Waals surface area contributed by atoms with Crippen molar-refractivity contribution in [2.24, 2.45) is 0 Å². The first-order valence-electron chi connectivity index (χ1n) is 10.4. The molecular formula is C25H20FN3O5. The maximum Gasteiger partial charge on any atom is 0.269 e. The lowest BCUT2D eigenvalue weighted by molar-refractivity contribution is -0.384. The summed E-state index contributed by atoms with van der Waals surface area (Å²) in [5.74, 6) is -0.729. The molecule has 0 saturated carbocycles. The first-order chi connectivity index (χ1) is 16.3. The van der Waals surface area contributed by atoms with Gasteiger partial charge < -0.3 is 15.0 Å². The van der Waals surface area contributed by atoms with Crippen molar-refractivity contribution < 1.29 is 23.6 Å². The zero-order valence-corrected chi connectivity index (χ0v) is 18.1. The number of rotatable bonds is 6. The van der Waals surface area contributed by atoms with Crippen LogP contribution in [0.3, 0.4) is 0 Å². The molecule has 1 unspecified atom stereocenters. The Morgan fingerprint density at radius 3 is 2.62 bits per heavy atom. The molecule has 4 rings (SSSR count). The SMILES string of the molecule is CC1Oc2ccc(NC(=O)/C=C/c3ccc([N+](=O)[O-])cc3)cc2N(Cc2ccccc2F)C1=O. The first kappa shape index (κ1) is 22.7. The molecule has 0 fully saturated rings. The van der Waals surface area contributed by atoms with Crippen LogP contribution in [0.4, 0.5) is 21.5 Å². The second-order valence-electron chi connectivity index (χ2n) is 7.63. The van der Waals surface area contributed by atoms with Crippen LogP contribution >= 0.6 is 0 Å². The third-order valence-electron chi connectivity index (χ3n) is 5.25.